The molecule has 0 nitrogen and oxygen atoms in total. The lowest BCUT2D eigenvalue weighted by Crippen LogP contribution is -2.02. The molecule has 0 aromatic heterocycles. The van der Waals surface area contributed by atoms with Crippen molar-refractivity contribution in [1.29, 1.82) is 0 Å². The molecular weight excluding hydrogens is 264 g/mol. The fourth-order valence-corrected chi connectivity index (χ4v) is 2.94. The van der Waals surface area contributed by atoms with Crippen molar-refractivity contribution in [3.8, 4) is 0 Å². The van der Waals surface area contributed by atoms with Crippen LogP contribution in [0.15, 0.2) is 60.7 Å². The Labute approximate surface area is 136 Å². The molecule has 22 heavy (non-hydrogen) atoms. The van der Waals surface area contributed by atoms with Crippen LogP contribution in [-0.2, 0) is 0 Å². The van der Waals surface area contributed by atoms with Crippen LogP contribution in [0.25, 0.3) is 0 Å². The van der Waals surface area contributed by atoms with E-state index in [2.05, 4.69) is 74.5 Å². The summed E-state index contributed by atoms with van der Waals surface area (Å²) in [6, 6.07) is 21.7. The van der Waals surface area contributed by atoms with E-state index >= 15 is 0 Å². The van der Waals surface area contributed by atoms with Crippen molar-refractivity contribution in [2.24, 2.45) is 5.92 Å². The van der Waals surface area contributed by atoms with Crippen LogP contribution in [0.5, 0.6) is 0 Å². The average molecular weight is 293 g/mol. The summed E-state index contributed by atoms with van der Waals surface area (Å²) >= 11 is 0. The van der Waals surface area contributed by atoms with E-state index in [1.54, 1.807) is 0 Å². The summed E-state index contributed by atoms with van der Waals surface area (Å²) in [6.07, 6.45) is 7.93. The topological polar surface area (TPSA) is 0 Å². The lowest BCUT2D eigenvalue weighted by atomic mass is 9.87. The molecule has 0 atom stereocenters. The lowest BCUT2D eigenvalue weighted by molar-refractivity contribution is 0.518. The molecule has 0 amide bonds. The van der Waals surface area contributed by atoms with Crippen LogP contribution >= 0.6 is 0 Å². The highest BCUT2D eigenvalue weighted by molar-refractivity contribution is 5.45. The van der Waals surface area contributed by atoms with Crippen molar-refractivity contribution in [3.63, 3.8) is 0 Å². The zero-order valence-corrected chi connectivity index (χ0v) is 14.1. The van der Waals surface area contributed by atoms with Gasteiger partial charge in [-0.3, -0.25) is 0 Å². The predicted molar refractivity (Wildman–Crippen MR) is 96.9 cm³/mol. The van der Waals surface area contributed by atoms with Gasteiger partial charge in [-0.25, -0.2) is 0 Å². The highest BCUT2D eigenvalue weighted by atomic mass is 14.2. The van der Waals surface area contributed by atoms with Gasteiger partial charge < -0.3 is 0 Å². The lowest BCUT2D eigenvalue weighted by Gasteiger charge is -2.17. The average Bonchev–Trinajstić information content (AvgIpc) is 2.55. The highest BCUT2D eigenvalue weighted by Crippen LogP contribution is 2.29. The van der Waals surface area contributed by atoms with E-state index in [4.69, 9.17) is 0 Å². The third-order valence-corrected chi connectivity index (χ3v) is 4.20. The number of unbranched alkanes of at least 4 members (excludes halogenated alkanes) is 3. The van der Waals surface area contributed by atoms with Gasteiger partial charge in [0.1, 0.15) is 0 Å². The number of rotatable bonds is 9. The van der Waals surface area contributed by atoms with Gasteiger partial charge in [-0.15, -0.1) is 0 Å². The minimum Gasteiger partial charge on any atom is -0.0628 e. The van der Waals surface area contributed by atoms with Crippen molar-refractivity contribution in [2.45, 2.75) is 52.4 Å². The molecule has 117 valence electrons. The van der Waals surface area contributed by atoms with Crippen molar-refractivity contribution >= 4 is 0 Å². The Kier molecular flexibility index (Phi) is 7.22. The van der Waals surface area contributed by atoms with Crippen molar-refractivity contribution in [1.82, 2.24) is 0 Å². The van der Waals surface area contributed by atoms with E-state index in [-0.39, 0.29) is 0 Å². The first-order chi connectivity index (χ1) is 10.8. The maximum atomic E-state index is 2.32. The van der Waals surface area contributed by atoms with Crippen molar-refractivity contribution < 1.29 is 0 Å². The van der Waals surface area contributed by atoms with Crippen molar-refractivity contribution in [3.05, 3.63) is 77.7 Å². The van der Waals surface area contributed by atoms with E-state index in [0.29, 0.717) is 0 Å². The third-order valence-electron chi connectivity index (χ3n) is 4.20. The maximum absolute atomic E-state index is 2.32. The zero-order chi connectivity index (χ0) is 15.6. The van der Waals surface area contributed by atoms with E-state index < -0.39 is 0 Å². The van der Waals surface area contributed by atoms with Crippen LogP contribution in [0.1, 0.15) is 63.5 Å². The second-order valence-corrected chi connectivity index (χ2v) is 6.56. The standard InChI is InChI=1S/C22H29/c1-19(2)13-7-3-4-12-18-22(20-14-8-5-9-15-20)21-16-10-6-11-17-21/h5-6,8-11,14-17,19H,3-4,7,12-13,18H2,1-2H3. The molecule has 0 spiro atoms. The normalized spacial score (nSPS) is 11.3. The molecule has 0 unspecified atom stereocenters. The first-order valence-electron chi connectivity index (χ1n) is 8.74. The summed E-state index contributed by atoms with van der Waals surface area (Å²) < 4.78 is 0. The summed E-state index contributed by atoms with van der Waals surface area (Å²) in [4.78, 5) is 0. The Morgan fingerprint density at radius 1 is 0.682 bits per heavy atom. The smallest absolute Gasteiger partial charge is 0.0340 e. The molecule has 2 rings (SSSR count). The second-order valence-electron chi connectivity index (χ2n) is 6.56. The Morgan fingerprint density at radius 3 is 1.68 bits per heavy atom. The monoisotopic (exact) mass is 293 g/mol. The van der Waals surface area contributed by atoms with Gasteiger partial charge in [-0.05, 0) is 23.5 Å². The minimum atomic E-state index is 0.843. The van der Waals surface area contributed by atoms with Gasteiger partial charge in [0.15, 0.2) is 0 Å². The maximum Gasteiger partial charge on any atom is 0.0340 e. The minimum absolute atomic E-state index is 0.843. The van der Waals surface area contributed by atoms with Crippen LogP contribution < -0.4 is 0 Å². The van der Waals surface area contributed by atoms with Gasteiger partial charge in [-0.2, -0.15) is 0 Å². The molecule has 0 fully saturated rings. The molecule has 0 saturated carbocycles. The molecule has 2 aromatic carbocycles. The van der Waals surface area contributed by atoms with Gasteiger partial charge in [-0.1, -0.05) is 107 Å². The summed E-state index contributed by atoms with van der Waals surface area (Å²) in [5, 5.41) is 0. The quantitative estimate of drug-likeness (QED) is 0.454. The highest BCUT2D eigenvalue weighted by Gasteiger charge is 2.13. The summed E-state index contributed by atoms with van der Waals surface area (Å²) in [6.45, 7) is 4.63. The predicted octanol–water partition coefficient (Wildman–Crippen LogP) is 6.65. The molecule has 0 saturated heterocycles. The summed E-state index contributed by atoms with van der Waals surface area (Å²) in [5.41, 5.74) is 2.74. The molecule has 0 heterocycles. The summed E-state index contributed by atoms with van der Waals surface area (Å²) in [7, 11) is 0. The Bertz CT molecular complexity index is 459. The SMILES string of the molecule is CC(C)CCCCCC[C](c1ccccc1)c1ccccc1. The van der Waals surface area contributed by atoms with E-state index in [1.165, 1.54) is 55.6 Å². The third kappa shape index (κ3) is 5.67. The number of hydrogen-bond donors (Lipinski definition) is 0. The fraction of sp³-hybridized carbons (Fsp3) is 0.409. The van der Waals surface area contributed by atoms with E-state index in [9.17, 15) is 0 Å². The molecule has 1 radical (unpaired) electrons. The molecule has 0 bridgehead atoms. The van der Waals surface area contributed by atoms with Gasteiger partial charge >= 0.3 is 0 Å². The fourth-order valence-electron chi connectivity index (χ4n) is 2.94. The number of benzene rings is 2. The summed E-state index contributed by atoms with van der Waals surface area (Å²) in [5.74, 6) is 2.33. The molecule has 0 heteroatoms. The van der Waals surface area contributed by atoms with Crippen LogP contribution in [-0.4, -0.2) is 0 Å². The molecule has 0 aliphatic carbocycles. The molecule has 0 aliphatic heterocycles. The van der Waals surface area contributed by atoms with E-state index in [0.717, 1.165) is 5.92 Å². The van der Waals surface area contributed by atoms with Crippen molar-refractivity contribution in [2.75, 3.05) is 0 Å². The first-order valence-corrected chi connectivity index (χ1v) is 8.74. The Morgan fingerprint density at radius 2 is 1.18 bits per heavy atom. The molecule has 2 aromatic rings. The van der Waals surface area contributed by atoms with Crippen LogP contribution in [0, 0.1) is 11.8 Å². The largest absolute Gasteiger partial charge is 0.0628 e. The second kappa shape index (κ2) is 9.46. The van der Waals surface area contributed by atoms with Crippen LogP contribution in [0.3, 0.4) is 0 Å². The molecule has 0 N–H and O–H groups in total. The zero-order valence-electron chi connectivity index (χ0n) is 14.1. The Balaban J connectivity index is 1.89. The molecular formula is C22H29. The van der Waals surface area contributed by atoms with Crippen LogP contribution in [0.2, 0.25) is 0 Å². The van der Waals surface area contributed by atoms with Gasteiger partial charge in [0.05, 0.1) is 0 Å². The number of hydrogen-bond acceptors (Lipinski definition) is 0. The van der Waals surface area contributed by atoms with Crippen LogP contribution in [0.4, 0.5) is 0 Å². The molecule has 0 aliphatic rings. The Hall–Kier alpha value is -1.56. The van der Waals surface area contributed by atoms with Gasteiger partial charge in [0.25, 0.3) is 0 Å². The first kappa shape index (κ1) is 16.8. The van der Waals surface area contributed by atoms with Gasteiger partial charge in [0, 0.05) is 5.92 Å². The van der Waals surface area contributed by atoms with E-state index in [1.807, 2.05) is 0 Å². The van der Waals surface area contributed by atoms with Gasteiger partial charge in [0.2, 0.25) is 0 Å².